The SMILES string of the molecule is CCCNC(CC1CCSCC1)C1=CCCCCC1. The molecule has 1 N–H and O–H groups in total. The Bertz CT molecular complexity index is 268. The maximum Gasteiger partial charge on any atom is 0.0282 e. The van der Waals surface area contributed by atoms with Gasteiger partial charge >= 0.3 is 0 Å². The Morgan fingerprint density at radius 1 is 1.26 bits per heavy atom. The summed E-state index contributed by atoms with van der Waals surface area (Å²) in [4.78, 5) is 0. The van der Waals surface area contributed by atoms with Gasteiger partial charge in [-0.2, -0.15) is 11.8 Å². The van der Waals surface area contributed by atoms with Crippen LogP contribution in [0.2, 0.25) is 0 Å². The van der Waals surface area contributed by atoms with E-state index in [2.05, 4.69) is 30.1 Å². The topological polar surface area (TPSA) is 12.0 Å². The number of nitrogens with one attached hydrogen (secondary N) is 1. The minimum atomic E-state index is 0.686. The van der Waals surface area contributed by atoms with Gasteiger partial charge in [0.15, 0.2) is 0 Å². The van der Waals surface area contributed by atoms with Crippen molar-refractivity contribution in [2.24, 2.45) is 5.92 Å². The van der Waals surface area contributed by atoms with Crippen LogP contribution in [0, 0.1) is 5.92 Å². The molecule has 1 atom stereocenters. The molecule has 1 fully saturated rings. The van der Waals surface area contributed by atoms with Crippen LogP contribution in [0.15, 0.2) is 11.6 Å². The molecule has 110 valence electrons. The molecule has 1 aliphatic carbocycles. The number of allylic oxidation sites excluding steroid dienone is 1. The van der Waals surface area contributed by atoms with Gasteiger partial charge in [-0.15, -0.1) is 0 Å². The fraction of sp³-hybridized carbons (Fsp3) is 0.882. The van der Waals surface area contributed by atoms with Gasteiger partial charge in [-0.3, -0.25) is 0 Å². The lowest BCUT2D eigenvalue weighted by Crippen LogP contribution is -2.34. The van der Waals surface area contributed by atoms with Gasteiger partial charge in [-0.05, 0) is 75.3 Å². The van der Waals surface area contributed by atoms with Crippen LogP contribution in [0.4, 0.5) is 0 Å². The van der Waals surface area contributed by atoms with E-state index in [-0.39, 0.29) is 0 Å². The van der Waals surface area contributed by atoms with Crippen LogP contribution in [0.1, 0.15) is 64.7 Å². The highest BCUT2D eigenvalue weighted by Crippen LogP contribution is 2.30. The van der Waals surface area contributed by atoms with E-state index in [1.54, 1.807) is 5.57 Å². The maximum atomic E-state index is 3.84. The number of hydrogen-bond acceptors (Lipinski definition) is 2. The highest BCUT2D eigenvalue weighted by Gasteiger charge is 2.21. The summed E-state index contributed by atoms with van der Waals surface area (Å²) in [5, 5.41) is 3.84. The van der Waals surface area contributed by atoms with Gasteiger partial charge in [-0.25, -0.2) is 0 Å². The predicted molar refractivity (Wildman–Crippen MR) is 87.9 cm³/mol. The second-order valence-electron chi connectivity index (χ2n) is 6.18. The third-order valence-corrected chi connectivity index (χ3v) is 5.62. The molecule has 1 saturated heterocycles. The van der Waals surface area contributed by atoms with Crippen molar-refractivity contribution in [3.05, 3.63) is 11.6 Å². The van der Waals surface area contributed by atoms with Gasteiger partial charge in [0.2, 0.25) is 0 Å². The van der Waals surface area contributed by atoms with Crippen molar-refractivity contribution < 1.29 is 0 Å². The Labute approximate surface area is 124 Å². The van der Waals surface area contributed by atoms with E-state index >= 15 is 0 Å². The van der Waals surface area contributed by atoms with Crippen LogP contribution in [0.25, 0.3) is 0 Å². The molecule has 2 rings (SSSR count). The molecule has 0 aromatic heterocycles. The first-order valence-electron chi connectivity index (χ1n) is 8.40. The van der Waals surface area contributed by atoms with Crippen molar-refractivity contribution in [1.82, 2.24) is 5.32 Å². The quantitative estimate of drug-likeness (QED) is 0.703. The fourth-order valence-corrected chi connectivity index (χ4v) is 4.56. The van der Waals surface area contributed by atoms with Crippen molar-refractivity contribution in [3.8, 4) is 0 Å². The summed E-state index contributed by atoms with van der Waals surface area (Å²) < 4.78 is 0. The fourth-order valence-electron chi connectivity index (χ4n) is 3.36. The summed E-state index contributed by atoms with van der Waals surface area (Å²) in [7, 11) is 0. The van der Waals surface area contributed by atoms with Crippen LogP contribution >= 0.6 is 11.8 Å². The average molecular weight is 282 g/mol. The molecule has 1 unspecified atom stereocenters. The van der Waals surface area contributed by atoms with Crippen molar-refractivity contribution in [3.63, 3.8) is 0 Å². The molecule has 2 heteroatoms. The third kappa shape index (κ3) is 5.51. The normalized spacial score (nSPS) is 23.7. The molecule has 0 amide bonds. The van der Waals surface area contributed by atoms with Gasteiger partial charge in [0, 0.05) is 6.04 Å². The smallest absolute Gasteiger partial charge is 0.0282 e. The molecule has 0 spiro atoms. The Morgan fingerprint density at radius 2 is 2.11 bits per heavy atom. The van der Waals surface area contributed by atoms with Gasteiger partial charge in [0.25, 0.3) is 0 Å². The molecule has 1 heterocycles. The second kappa shape index (κ2) is 9.07. The number of thioether (sulfide) groups is 1. The van der Waals surface area contributed by atoms with Crippen molar-refractivity contribution >= 4 is 11.8 Å². The van der Waals surface area contributed by atoms with Gasteiger partial charge in [0.05, 0.1) is 0 Å². The van der Waals surface area contributed by atoms with Crippen LogP contribution < -0.4 is 5.32 Å². The summed E-state index contributed by atoms with van der Waals surface area (Å²) >= 11 is 2.15. The predicted octanol–water partition coefficient (Wildman–Crippen LogP) is 4.78. The maximum absolute atomic E-state index is 3.84. The molecule has 0 aromatic rings. The molecule has 1 aliphatic heterocycles. The monoisotopic (exact) mass is 281 g/mol. The largest absolute Gasteiger partial charge is 0.310 e. The van der Waals surface area contributed by atoms with Crippen molar-refractivity contribution in [2.45, 2.75) is 70.8 Å². The zero-order valence-corrected chi connectivity index (χ0v) is 13.4. The zero-order valence-electron chi connectivity index (χ0n) is 12.6. The first kappa shape index (κ1) is 15.4. The van der Waals surface area contributed by atoms with E-state index in [4.69, 9.17) is 0 Å². The third-order valence-electron chi connectivity index (χ3n) is 4.57. The van der Waals surface area contributed by atoms with Crippen LogP contribution in [0.3, 0.4) is 0 Å². The Morgan fingerprint density at radius 3 is 2.89 bits per heavy atom. The number of rotatable bonds is 6. The van der Waals surface area contributed by atoms with Crippen LogP contribution in [-0.4, -0.2) is 24.1 Å². The Kier molecular flexibility index (Phi) is 7.37. The van der Waals surface area contributed by atoms with E-state index in [1.165, 1.54) is 75.8 Å². The minimum Gasteiger partial charge on any atom is -0.310 e. The summed E-state index contributed by atoms with van der Waals surface area (Å²) in [5.41, 5.74) is 1.74. The summed E-state index contributed by atoms with van der Waals surface area (Å²) in [5.74, 6) is 3.76. The van der Waals surface area contributed by atoms with Gasteiger partial charge < -0.3 is 5.32 Å². The van der Waals surface area contributed by atoms with Crippen molar-refractivity contribution in [1.29, 1.82) is 0 Å². The van der Waals surface area contributed by atoms with Gasteiger partial charge in [0.1, 0.15) is 0 Å². The van der Waals surface area contributed by atoms with E-state index in [0.29, 0.717) is 6.04 Å². The Balaban J connectivity index is 1.91. The van der Waals surface area contributed by atoms with Gasteiger partial charge in [-0.1, -0.05) is 25.0 Å². The molecular formula is C17H31NS. The first-order chi connectivity index (χ1) is 9.40. The molecule has 19 heavy (non-hydrogen) atoms. The molecular weight excluding hydrogens is 250 g/mol. The second-order valence-corrected chi connectivity index (χ2v) is 7.40. The van der Waals surface area contributed by atoms with E-state index < -0.39 is 0 Å². The molecule has 0 saturated carbocycles. The minimum absolute atomic E-state index is 0.686. The Hall–Kier alpha value is 0.0500. The lowest BCUT2D eigenvalue weighted by atomic mass is 9.89. The average Bonchev–Trinajstić information content (AvgIpc) is 2.73. The summed E-state index contributed by atoms with van der Waals surface area (Å²) in [6.07, 6.45) is 15.0. The highest BCUT2D eigenvalue weighted by molar-refractivity contribution is 7.99. The first-order valence-corrected chi connectivity index (χ1v) is 9.55. The van der Waals surface area contributed by atoms with E-state index in [9.17, 15) is 0 Å². The molecule has 0 bridgehead atoms. The van der Waals surface area contributed by atoms with Crippen LogP contribution in [-0.2, 0) is 0 Å². The number of hydrogen-bond donors (Lipinski definition) is 1. The highest BCUT2D eigenvalue weighted by atomic mass is 32.2. The lowest BCUT2D eigenvalue weighted by molar-refractivity contribution is 0.384. The lowest BCUT2D eigenvalue weighted by Gasteiger charge is -2.29. The molecule has 2 aliphatic rings. The zero-order chi connectivity index (χ0) is 13.3. The van der Waals surface area contributed by atoms with E-state index in [0.717, 1.165) is 5.92 Å². The van der Waals surface area contributed by atoms with Crippen LogP contribution in [0.5, 0.6) is 0 Å². The molecule has 0 aromatic carbocycles. The standard InChI is InChI=1S/C17H31NS/c1-2-11-18-17(14-15-9-12-19-13-10-15)16-7-5-3-4-6-8-16/h7,15,17-18H,2-6,8-14H2,1H3. The van der Waals surface area contributed by atoms with E-state index in [1.807, 2.05) is 0 Å². The molecule has 0 radical (unpaired) electrons. The van der Waals surface area contributed by atoms with Crippen molar-refractivity contribution in [2.75, 3.05) is 18.1 Å². The molecule has 1 nitrogen and oxygen atoms in total. The summed E-state index contributed by atoms with van der Waals surface area (Å²) in [6.45, 7) is 3.46. The summed E-state index contributed by atoms with van der Waals surface area (Å²) in [6, 6.07) is 0.686.